The summed E-state index contributed by atoms with van der Waals surface area (Å²) in [6.45, 7) is 5.88. The molecule has 174 valence electrons. The van der Waals surface area contributed by atoms with Crippen LogP contribution < -0.4 is 10.2 Å². The Morgan fingerprint density at radius 3 is 2.55 bits per heavy atom. The van der Waals surface area contributed by atoms with Crippen LogP contribution in [0.2, 0.25) is 0 Å². The van der Waals surface area contributed by atoms with E-state index in [4.69, 9.17) is 4.98 Å². The maximum absolute atomic E-state index is 14.4. The lowest BCUT2D eigenvalue weighted by atomic mass is 9.93. The van der Waals surface area contributed by atoms with Gasteiger partial charge in [-0.3, -0.25) is 4.79 Å². The highest BCUT2D eigenvalue weighted by atomic mass is 79.9. The fourth-order valence-corrected chi connectivity index (χ4v) is 5.11. The van der Waals surface area contributed by atoms with Crippen LogP contribution in [0.15, 0.2) is 40.9 Å². The van der Waals surface area contributed by atoms with E-state index >= 15 is 0 Å². The summed E-state index contributed by atoms with van der Waals surface area (Å²) < 4.78 is 29.7. The Bertz CT molecular complexity index is 1160. The first-order chi connectivity index (χ1) is 15.9. The van der Waals surface area contributed by atoms with Gasteiger partial charge in [-0.25, -0.2) is 13.8 Å². The van der Waals surface area contributed by atoms with Crippen molar-refractivity contribution in [3.8, 4) is 0 Å². The fraction of sp³-hybridized carbons (Fsp3) is 0.385. The van der Waals surface area contributed by atoms with Gasteiger partial charge in [0.15, 0.2) is 0 Å². The van der Waals surface area contributed by atoms with E-state index in [1.807, 2.05) is 32.0 Å². The summed E-state index contributed by atoms with van der Waals surface area (Å²) in [5.41, 5.74) is 2.18. The van der Waals surface area contributed by atoms with Gasteiger partial charge < -0.3 is 10.2 Å². The van der Waals surface area contributed by atoms with Crippen LogP contribution in [0, 0.1) is 18.6 Å². The van der Waals surface area contributed by atoms with Gasteiger partial charge in [-0.05, 0) is 56.5 Å². The Morgan fingerprint density at radius 1 is 1.18 bits per heavy atom. The number of hydrogen-bond acceptors (Lipinski definition) is 3. The standard InChI is InChI=1S/C26H28BrF2N3O/c1-3-7-17(24-20(28)8-6-9-21(24)29)15-30-26(33)23-16(2)25(32-12-4-5-13-32)31-22-11-10-18(27)14-19(22)23/h6,8-11,14,17H,3-5,7,12-13,15H2,1-2H3,(H,30,33). The molecule has 3 aromatic rings. The molecule has 1 aliphatic rings. The topological polar surface area (TPSA) is 45.2 Å². The molecule has 0 saturated carbocycles. The average Bonchev–Trinajstić information content (AvgIpc) is 3.31. The largest absolute Gasteiger partial charge is 0.356 e. The maximum Gasteiger partial charge on any atom is 0.252 e. The molecule has 0 bridgehead atoms. The fourth-order valence-electron chi connectivity index (χ4n) is 4.75. The van der Waals surface area contributed by atoms with Crippen LogP contribution >= 0.6 is 15.9 Å². The molecule has 4 nitrogen and oxygen atoms in total. The van der Waals surface area contributed by atoms with Gasteiger partial charge in [-0.1, -0.05) is 35.3 Å². The van der Waals surface area contributed by atoms with Crippen molar-refractivity contribution in [2.45, 2.75) is 45.4 Å². The van der Waals surface area contributed by atoms with Gasteiger partial charge >= 0.3 is 0 Å². The number of hydrogen-bond donors (Lipinski definition) is 1. The summed E-state index contributed by atoms with van der Waals surface area (Å²) in [7, 11) is 0. The molecule has 1 fully saturated rings. The quantitative estimate of drug-likeness (QED) is 0.390. The summed E-state index contributed by atoms with van der Waals surface area (Å²) in [5.74, 6) is -1.02. The van der Waals surface area contributed by atoms with Crippen molar-refractivity contribution in [1.82, 2.24) is 10.3 Å². The Kier molecular flexibility index (Phi) is 7.27. The van der Waals surface area contributed by atoms with Gasteiger partial charge in [0.25, 0.3) is 5.91 Å². The number of rotatable bonds is 7. The number of carbonyl (C=O) groups excluding carboxylic acids is 1. The van der Waals surface area contributed by atoms with Crippen LogP contribution in [0.4, 0.5) is 14.6 Å². The van der Waals surface area contributed by atoms with Gasteiger partial charge in [0.2, 0.25) is 0 Å². The summed E-state index contributed by atoms with van der Waals surface area (Å²) >= 11 is 3.50. The molecule has 33 heavy (non-hydrogen) atoms. The molecule has 1 aliphatic heterocycles. The van der Waals surface area contributed by atoms with Crippen molar-refractivity contribution in [2.24, 2.45) is 0 Å². The van der Waals surface area contributed by atoms with Crippen LogP contribution in [-0.2, 0) is 0 Å². The normalized spacial score (nSPS) is 14.6. The third kappa shape index (κ3) is 4.88. The van der Waals surface area contributed by atoms with Crippen molar-refractivity contribution in [3.63, 3.8) is 0 Å². The summed E-state index contributed by atoms with van der Waals surface area (Å²) in [6.07, 6.45) is 3.53. The third-order valence-electron chi connectivity index (χ3n) is 6.35. The molecule has 2 aromatic carbocycles. The number of anilines is 1. The number of fused-ring (bicyclic) bond motifs is 1. The van der Waals surface area contributed by atoms with Gasteiger partial charge in [0, 0.05) is 46.5 Å². The smallest absolute Gasteiger partial charge is 0.252 e. The predicted octanol–water partition coefficient (Wildman–Crippen LogP) is 6.50. The Labute approximate surface area is 201 Å². The molecule has 2 heterocycles. The van der Waals surface area contributed by atoms with E-state index in [9.17, 15) is 13.6 Å². The summed E-state index contributed by atoms with van der Waals surface area (Å²) in [6, 6.07) is 9.62. The van der Waals surface area contributed by atoms with Gasteiger partial charge in [-0.15, -0.1) is 0 Å². The molecule has 0 radical (unpaired) electrons. The minimum Gasteiger partial charge on any atom is -0.356 e. The lowest BCUT2D eigenvalue weighted by molar-refractivity contribution is 0.0951. The lowest BCUT2D eigenvalue weighted by Gasteiger charge is -2.23. The highest BCUT2D eigenvalue weighted by molar-refractivity contribution is 9.10. The minimum absolute atomic E-state index is 0.0384. The third-order valence-corrected chi connectivity index (χ3v) is 6.84. The highest BCUT2D eigenvalue weighted by Crippen LogP contribution is 2.32. The second-order valence-corrected chi connectivity index (χ2v) is 9.54. The first-order valence-corrected chi connectivity index (χ1v) is 12.3. The molecule has 1 unspecified atom stereocenters. The van der Waals surface area contributed by atoms with E-state index in [1.54, 1.807) is 0 Å². The Morgan fingerprint density at radius 2 is 1.88 bits per heavy atom. The SMILES string of the molecule is CCCC(CNC(=O)c1c(C)c(N2CCCC2)nc2ccc(Br)cc12)c1c(F)cccc1F. The zero-order chi connectivity index (χ0) is 23.5. The van der Waals surface area contributed by atoms with E-state index < -0.39 is 17.6 Å². The lowest BCUT2D eigenvalue weighted by Crippen LogP contribution is -2.31. The molecule has 0 spiro atoms. The molecule has 1 N–H and O–H groups in total. The van der Waals surface area contributed by atoms with E-state index in [0.29, 0.717) is 12.0 Å². The van der Waals surface area contributed by atoms with Crippen molar-refractivity contribution in [1.29, 1.82) is 0 Å². The number of nitrogens with zero attached hydrogens (tertiary/aromatic N) is 2. The molecule has 0 aliphatic carbocycles. The van der Waals surface area contributed by atoms with Gasteiger partial charge in [0.1, 0.15) is 17.5 Å². The number of aromatic nitrogens is 1. The zero-order valence-electron chi connectivity index (χ0n) is 18.9. The van der Waals surface area contributed by atoms with Gasteiger partial charge in [0.05, 0.1) is 11.1 Å². The number of benzene rings is 2. The van der Waals surface area contributed by atoms with Crippen molar-refractivity contribution < 1.29 is 13.6 Å². The zero-order valence-corrected chi connectivity index (χ0v) is 20.5. The van der Waals surface area contributed by atoms with Crippen LogP contribution in [-0.4, -0.2) is 30.5 Å². The molecule has 4 rings (SSSR count). The second-order valence-electron chi connectivity index (χ2n) is 8.62. The minimum atomic E-state index is -0.575. The number of nitrogens with one attached hydrogen (secondary N) is 1. The Balaban J connectivity index is 1.69. The predicted molar refractivity (Wildman–Crippen MR) is 132 cm³/mol. The number of pyridine rings is 1. The van der Waals surface area contributed by atoms with Crippen LogP contribution in [0.5, 0.6) is 0 Å². The van der Waals surface area contributed by atoms with Crippen LogP contribution in [0.1, 0.15) is 60.0 Å². The average molecular weight is 516 g/mol. The molecule has 1 amide bonds. The second kappa shape index (κ2) is 10.2. The highest BCUT2D eigenvalue weighted by Gasteiger charge is 2.25. The summed E-state index contributed by atoms with van der Waals surface area (Å²) in [5, 5.41) is 3.73. The number of carbonyl (C=O) groups is 1. The molecule has 7 heteroatoms. The molecule has 1 saturated heterocycles. The van der Waals surface area contributed by atoms with Crippen LogP contribution in [0.3, 0.4) is 0 Å². The first kappa shape index (κ1) is 23.6. The van der Waals surface area contributed by atoms with E-state index in [1.165, 1.54) is 18.2 Å². The molecular formula is C26H28BrF2N3O. The number of halogens is 3. The number of amides is 1. The van der Waals surface area contributed by atoms with Crippen LogP contribution in [0.25, 0.3) is 10.9 Å². The monoisotopic (exact) mass is 515 g/mol. The maximum atomic E-state index is 14.4. The van der Waals surface area contributed by atoms with Crippen molar-refractivity contribution >= 4 is 38.6 Å². The van der Waals surface area contributed by atoms with Crippen molar-refractivity contribution in [3.05, 3.63) is 69.2 Å². The van der Waals surface area contributed by atoms with E-state index in [0.717, 1.165) is 59.1 Å². The van der Waals surface area contributed by atoms with E-state index in [-0.39, 0.29) is 18.0 Å². The molecule has 1 aromatic heterocycles. The Hall–Kier alpha value is -2.54. The van der Waals surface area contributed by atoms with E-state index in [2.05, 4.69) is 26.1 Å². The molecule has 1 atom stereocenters. The first-order valence-electron chi connectivity index (χ1n) is 11.5. The van der Waals surface area contributed by atoms with Crippen molar-refractivity contribution in [2.75, 3.05) is 24.5 Å². The summed E-state index contributed by atoms with van der Waals surface area (Å²) in [4.78, 5) is 20.6. The van der Waals surface area contributed by atoms with Gasteiger partial charge in [-0.2, -0.15) is 0 Å². The molecular weight excluding hydrogens is 488 g/mol.